The third kappa shape index (κ3) is 2.25. The van der Waals surface area contributed by atoms with Gasteiger partial charge in [0.2, 0.25) is 0 Å². The molecule has 0 saturated heterocycles. The molecule has 0 aliphatic carbocycles. The Balaban J connectivity index is 2.51. The fraction of sp³-hybridized carbons (Fsp3) is 0.333. The highest BCUT2D eigenvalue weighted by Gasteiger charge is 2.10. The third-order valence-electron chi connectivity index (χ3n) is 2.40. The second-order valence-electron chi connectivity index (χ2n) is 3.67. The van der Waals surface area contributed by atoms with E-state index >= 15 is 0 Å². The van der Waals surface area contributed by atoms with E-state index in [1.54, 1.807) is 11.3 Å². The van der Waals surface area contributed by atoms with E-state index in [1.165, 1.54) is 0 Å². The molecule has 16 heavy (non-hydrogen) atoms. The fourth-order valence-electron chi connectivity index (χ4n) is 1.55. The first-order chi connectivity index (χ1) is 7.72. The molecule has 0 radical (unpaired) electrons. The maximum absolute atomic E-state index is 6.12. The van der Waals surface area contributed by atoms with E-state index in [2.05, 4.69) is 28.3 Å². The Hall–Kier alpha value is -0.930. The summed E-state index contributed by atoms with van der Waals surface area (Å²) < 4.78 is 0. The minimum Gasteiger partial charge on any atom is -0.232 e. The van der Waals surface area contributed by atoms with E-state index < -0.39 is 0 Å². The van der Waals surface area contributed by atoms with Gasteiger partial charge in [0.15, 0.2) is 0 Å². The first-order valence-electron chi connectivity index (χ1n) is 5.28. The molecule has 0 spiro atoms. The molecular weight excluding hydrogens is 240 g/mol. The van der Waals surface area contributed by atoms with Gasteiger partial charge in [-0.15, -0.1) is 0 Å². The standard InChI is InChI=1S/C12H13ClN2S/c1-3-4-10-14-11(8(2)12(13)15-10)9-5-6-16-7-9/h5-7H,3-4H2,1-2H3. The highest BCUT2D eigenvalue weighted by molar-refractivity contribution is 7.08. The number of aryl methyl sites for hydroxylation is 1. The maximum Gasteiger partial charge on any atom is 0.136 e. The van der Waals surface area contributed by atoms with E-state index in [9.17, 15) is 0 Å². The molecule has 0 bridgehead atoms. The Labute approximate surface area is 104 Å². The minimum absolute atomic E-state index is 0.569. The van der Waals surface area contributed by atoms with Crippen LogP contribution in [0.25, 0.3) is 11.3 Å². The van der Waals surface area contributed by atoms with E-state index in [-0.39, 0.29) is 0 Å². The predicted octanol–water partition coefficient (Wildman–Crippen LogP) is 4.12. The number of hydrogen-bond donors (Lipinski definition) is 0. The Morgan fingerprint density at radius 1 is 1.38 bits per heavy atom. The molecule has 2 aromatic heterocycles. The van der Waals surface area contributed by atoms with E-state index in [4.69, 9.17) is 11.6 Å². The highest BCUT2D eigenvalue weighted by Crippen LogP contribution is 2.27. The van der Waals surface area contributed by atoms with Crippen molar-refractivity contribution in [3.8, 4) is 11.3 Å². The topological polar surface area (TPSA) is 25.8 Å². The van der Waals surface area contributed by atoms with Crippen LogP contribution in [0.1, 0.15) is 24.7 Å². The lowest BCUT2D eigenvalue weighted by Gasteiger charge is -2.07. The van der Waals surface area contributed by atoms with Crippen LogP contribution in [0.3, 0.4) is 0 Å². The molecule has 0 fully saturated rings. The van der Waals surface area contributed by atoms with Gasteiger partial charge >= 0.3 is 0 Å². The van der Waals surface area contributed by atoms with Crippen LogP contribution in [0.5, 0.6) is 0 Å². The summed E-state index contributed by atoms with van der Waals surface area (Å²) in [5.74, 6) is 0.833. The van der Waals surface area contributed by atoms with E-state index in [1.807, 2.05) is 12.3 Å². The summed E-state index contributed by atoms with van der Waals surface area (Å²) >= 11 is 7.79. The summed E-state index contributed by atoms with van der Waals surface area (Å²) in [7, 11) is 0. The molecular formula is C12H13ClN2S. The van der Waals surface area contributed by atoms with Gasteiger partial charge in [0.1, 0.15) is 11.0 Å². The van der Waals surface area contributed by atoms with Crippen LogP contribution < -0.4 is 0 Å². The second-order valence-corrected chi connectivity index (χ2v) is 4.80. The van der Waals surface area contributed by atoms with Gasteiger partial charge in [-0.3, -0.25) is 0 Å². The molecule has 2 nitrogen and oxygen atoms in total. The van der Waals surface area contributed by atoms with Crippen LogP contribution >= 0.6 is 22.9 Å². The summed E-state index contributed by atoms with van der Waals surface area (Å²) in [6, 6.07) is 2.06. The number of thiophene rings is 1. The number of halogens is 1. The number of hydrogen-bond acceptors (Lipinski definition) is 3. The first kappa shape index (κ1) is 11.6. The molecule has 0 amide bonds. The van der Waals surface area contributed by atoms with Crippen molar-refractivity contribution in [3.05, 3.63) is 33.4 Å². The lowest BCUT2D eigenvalue weighted by atomic mass is 10.1. The van der Waals surface area contributed by atoms with Crippen molar-refractivity contribution >= 4 is 22.9 Å². The summed E-state index contributed by atoms with van der Waals surface area (Å²) in [4.78, 5) is 8.87. The summed E-state index contributed by atoms with van der Waals surface area (Å²) in [5.41, 5.74) is 3.05. The van der Waals surface area contributed by atoms with Gasteiger partial charge in [-0.1, -0.05) is 18.5 Å². The lowest BCUT2D eigenvalue weighted by Crippen LogP contribution is -1.99. The molecule has 0 atom stereocenters. The average Bonchev–Trinajstić information content (AvgIpc) is 2.76. The molecule has 2 heterocycles. The van der Waals surface area contributed by atoms with Crippen LogP contribution in [0.15, 0.2) is 16.8 Å². The van der Waals surface area contributed by atoms with Crippen LogP contribution in [-0.4, -0.2) is 9.97 Å². The summed E-state index contributed by atoms with van der Waals surface area (Å²) in [6.45, 7) is 4.08. The van der Waals surface area contributed by atoms with Crippen LogP contribution in [0.4, 0.5) is 0 Å². The van der Waals surface area contributed by atoms with Crippen molar-refractivity contribution in [2.75, 3.05) is 0 Å². The van der Waals surface area contributed by atoms with Gasteiger partial charge in [0, 0.05) is 22.9 Å². The van der Waals surface area contributed by atoms with E-state index in [0.717, 1.165) is 35.5 Å². The first-order valence-corrected chi connectivity index (χ1v) is 6.60. The fourth-order valence-corrected chi connectivity index (χ4v) is 2.38. The molecule has 0 saturated carbocycles. The monoisotopic (exact) mass is 252 g/mol. The number of rotatable bonds is 3. The van der Waals surface area contributed by atoms with Crippen LogP contribution in [0.2, 0.25) is 5.15 Å². The minimum atomic E-state index is 0.569. The molecule has 0 unspecified atom stereocenters. The van der Waals surface area contributed by atoms with Crippen molar-refractivity contribution in [1.82, 2.24) is 9.97 Å². The Morgan fingerprint density at radius 3 is 2.81 bits per heavy atom. The highest BCUT2D eigenvalue weighted by atomic mass is 35.5. The maximum atomic E-state index is 6.12. The van der Waals surface area contributed by atoms with E-state index in [0.29, 0.717) is 5.15 Å². The van der Waals surface area contributed by atoms with Gasteiger partial charge < -0.3 is 0 Å². The predicted molar refractivity (Wildman–Crippen MR) is 69.1 cm³/mol. The van der Waals surface area contributed by atoms with Crippen molar-refractivity contribution in [3.63, 3.8) is 0 Å². The Morgan fingerprint density at radius 2 is 2.19 bits per heavy atom. The zero-order chi connectivity index (χ0) is 11.5. The quantitative estimate of drug-likeness (QED) is 0.768. The largest absolute Gasteiger partial charge is 0.232 e. The zero-order valence-electron chi connectivity index (χ0n) is 9.33. The molecule has 4 heteroatoms. The van der Waals surface area contributed by atoms with Gasteiger partial charge in [-0.05, 0) is 24.8 Å². The van der Waals surface area contributed by atoms with Gasteiger partial charge in [-0.25, -0.2) is 9.97 Å². The van der Waals surface area contributed by atoms with Crippen molar-refractivity contribution in [1.29, 1.82) is 0 Å². The molecule has 0 N–H and O–H groups in total. The summed E-state index contributed by atoms with van der Waals surface area (Å²) in [6.07, 6.45) is 1.90. The summed E-state index contributed by atoms with van der Waals surface area (Å²) in [5, 5.41) is 4.70. The normalized spacial score (nSPS) is 10.7. The lowest BCUT2D eigenvalue weighted by molar-refractivity contribution is 0.833. The number of aromatic nitrogens is 2. The van der Waals surface area contributed by atoms with Gasteiger partial charge in [0.05, 0.1) is 5.69 Å². The average molecular weight is 253 g/mol. The Kier molecular flexibility index (Phi) is 3.56. The van der Waals surface area contributed by atoms with Crippen LogP contribution in [0, 0.1) is 6.92 Å². The molecule has 0 aliphatic rings. The second kappa shape index (κ2) is 4.93. The van der Waals surface area contributed by atoms with Crippen LogP contribution in [-0.2, 0) is 6.42 Å². The van der Waals surface area contributed by atoms with Gasteiger partial charge in [-0.2, -0.15) is 11.3 Å². The SMILES string of the molecule is CCCc1nc(Cl)c(C)c(-c2ccsc2)n1. The number of nitrogens with zero attached hydrogens (tertiary/aromatic N) is 2. The van der Waals surface area contributed by atoms with Gasteiger partial charge in [0.25, 0.3) is 0 Å². The van der Waals surface area contributed by atoms with Crippen molar-refractivity contribution in [2.45, 2.75) is 26.7 Å². The Bertz CT molecular complexity index is 480. The zero-order valence-corrected chi connectivity index (χ0v) is 10.9. The van der Waals surface area contributed by atoms with Crippen molar-refractivity contribution < 1.29 is 0 Å². The molecule has 2 aromatic rings. The molecule has 84 valence electrons. The smallest absolute Gasteiger partial charge is 0.136 e. The molecule has 0 aromatic carbocycles. The third-order valence-corrected chi connectivity index (χ3v) is 3.45. The van der Waals surface area contributed by atoms with Crippen molar-refractivity contribution in [2.24, 2.45) is 0 Å². The molecule has 0 aliphatic heterocycles. The molecule has 2 rings (SSSR count).